The zero-order valence-corrected chi connectivity index (χ0v) is 13.4. The molecule has 0 atom stereocenters. The summed E-state index contributed by atoms with van der Waals surface area (Å²) in [6.45, 7) is 0.409. The van der Waals surface area contributed by atoms with Crippen molar-refractivity contribution in [1.82, 2.24) is 4.98 Å². The van der Waals surface area contributed by atoms with E-state index in [1.54, 1.807) is 21.3 Å². The molecule has 0 amide bonds. The van der Waals surface area contributed by atoms with Crippen molar-refractivity contribution in [2.45, 2.75) is 6.61 Å². The van der Waals surface area contributed by atoms with Crippen LogP contribution < -0.4 is 18.9 Å². The van der Waals surface area contributed by atoms with Crippen LogP contribution in [0.25, 0.3) is 10.9 Å². The first-order valence-corrected chi connectivity index (χ1v) is 7.24. The summed E-state index contributed by atoms with van der Waals surface area (Å²) in [6, 6.07) is 11.7. The van der Waals surface area contributed by atoms with Crippen LogP contribution in [-0.4, -0.2) is 26.3 Å². The van der Waals surface area contributed by atoms with Crippen LogP contribution in [0.5, 0.6) is 23.0 Å². The summed E-state index contributed by atoms with van der Waals surface area (Å²) in [7, 11) is 4.78. The van der Waals surface area contributed by atoms with Crippen molar-refractivity contribution in [3.63, 3.8) is 0 Å². The Morgan fingerprint density at radius 1 is 0.870 bits per heavy atom. The van der Waals surface area contributed by atoms with Gasteiger partial charge in [0.15, 0.2) is 11.5 Å². The molecule has 0 bridgehead atoms. The van der Waals surface area contributed by atoms with E-state index >= 15 is 0 Å². The van der Waals surface area contributed by atoms with Gasteiger partial charge in [0.2, 0.25) is 5.75 Å². The zero-order valence-electron chi connectivity index (χ0n) is 13.4. The van der Waals surface area contributed by atoms with E-state index in [-0.39, 0.29) is 0 Å². The molecule has 2 aromatic carbocycles. The Kier molecular flexibility index (Phi) is 4.28. The molecule has 0 aliphatic rings. The van der Waals surface area contributed by atoms with Crippen molar-refractivity contribution in [2.75, 3.05) is 21.3 Å². The van der Waals surface area contributed by atoms with Gasteiger partial charge in [-0.2, -0.15) is 0 Å². The SMILES string of the molecule is COc1cc(COc2ccc3[nH]ccc3c2)cc(OC)c1OC. The number of hydrogen-bond acceptors (Lipinski definition) is 4. The summed E-state index contributed by atoms with van der Waals surface area (Å²) in [5, 5.41) is 1.12. The van der Waals surface area contributed by atoms with E-state index in [0.717, 1.165) is 22.2 Å². The van der Waals surface area contributed by atoms with Crippen molar-refractivity contribution in [1.29, 1.82) is 0 Å². The monoisotopic (exact) mass is 313 g/mol. The number of ether oxygens (including phenoxy) is 4. The normalized spacial score (nSPS) is 10.6. The third-order valence-electron chi connectivity index (χ3n) is 3.65. The van der Waals surface area contributed by atoms with Gasteiger partial charge in [0.05, 0.1) is 21.3 Å². The van der Waals surface area contributed by atoms with Gasteiger partial charge in [0, 0.05) is 17.1 Å². The first kappa shape index (κ1) is 15.1. The molecular weight excluding hydrogens is 294 g/mol. The smallest absolute Gasteiger partial charge is 0.203 e. The maximum atomic E-state index is 5.88. The van der Waals surface area contributed by atoms with Crippen LogP contribution in [0.3, 0.4) is 0 Å². The molecule has 0 aliphatic carbocycles. The summed E-state index contributed by atoms with van der Waals surface area (Å²) in [4.78, 5) is 3.16. The predicted molar refractivity (Wildman–Crippen MR) is 88.7 cm³/mol. The average molecular weight is 313 g/mol. The van der Waals surface area contributed by atoms with Crippen LogP contribution in [0, 0.1) is 0 Å². The summed E-state index contributed by atoms with van der Waals surface area (Å²) in [5.74, 6) is 2.62. The Labute approximate surface area is 134 Å². The number of aromatic nitrogens is 1. The molecule has 0 unspecified atom stereocenters. The second-order valence-electron chi connectivity index (χ2n) is 5.05. The van der Waals surface area contributed by atoms with E-state index in [2.05, 4.69) is 4.98 Å². The van der Waals surface area contributed by atoms with Crippen LogP contribution in [0.1, 0.15) is 5.56 Å². The lowest BCUT2D eigenvalue weighted by molar-refractivity contribution is 0.299. The van der Waals surface area contributed by atoms with E-state index < -0.39 is 0 Å². The molecule has 1 heterocycles. The lowest BCUT2D eigenvalue weighted by atomic mass is 10.2. The van der Waals surface area contributed by atoms with E-state index in [0.29, 0.717) is 23.9 Å². The van der Waals surface area contributed by atoms with Gasteiger partial charge in [0.25, 0.3) is 0 Å². The van der Waals surface area contributed by atoms with E-state index in [1.807, 2.05) is 42.6 Å². The Balaban J connectivity index is 1.81. The van der Waals surface area contributed by atoms with Crippen molar-refractivity contribution in [2.24, 2.45) is 0 Å². The number of nitrogens with one attached hydrogen (secondary N) is 1. The Morgan fingerprint density at radius 3 is 2.26 bits per heavy atom. The molecule has 0 fully saturated rings. The second-order valence-corrected chi connectivity index (χ2v) is 5.05. The molecule has 23 heavy (non-hydrogen) atoms. The molecule has 5 heteroatoms. The zero-order chi connectivity index (χ0) is 16.2. The van der Waals surface area contributed by atoms with Gasteiger partial charge in [-0.3, -0.25) is 0 Å². The van der Waals surface area contributed by atoms with Gasteiger partial charge >= 0.3 is 0 Å². The predicted octanol–water partition coefficient (Wildman–Crippen LogP) is 3.77. The van der Waals surface area contributed by atoms with E-state index in [4.69, 9.17) is 18.9 Å². The fourth-order valence-corrected chi connectivity index (χ4v) is 2.51. The standard InChI is InChI=1S/C18H19NO4/c1-20-16-8-12(9-17(21-2)18(16)22-3)11-23-14-4-5-15-13(10-14)6-7-19-15/h4-10,19H,11H2,1-3H3. The molecule has 0 spiro atoms. The van der Waals surface area contributed by atoms with E-state index in [1.165, 1.54) is 0 Å². The minimum Gasteiger partial charge on any atom is -0.493 e. The highest BCUT2D eigenvalue weighted by atomic mass is 16.5. The number of hydrogen-bond donors (Lipinski definition) is 1. The van der Waals surface area contributed by atoms with Crippen LogP contribution in [0.4, 0.5) is 0 Å². The lowest BCUT2D eigenvalue weighted by Gasteiger charge is -2.14. The van der Waals surface area contributed by atoms with E-state index in [9.17, 15) is 0 Å². The minimum absolute atomic E-state index is 0.409. The van der Waals surface area contributed by atoms with Crippen LogP contribution in [0.15, 0.2) is 42.6 Å². The maximum Gasteiger partial charge on any atom is 0.203 e. The quantitative estimate of drug-likeness (QED) is 0.752. The van der Waals surface area contributed by atoms with Crippen molar-refractivity contribution >= 4 is 10.9 Å². The summed E-state index contributed by atoms with van der Waals surface area (Å²) < 4.78 is 21.9. The Morgan fingerprint density at radius 2 is 1.61 bits per heavy atom. The van der Waals surface area contributed by atoms with Gasteiger partial charge in [0.1, 0.15) is 12.4 Å². The average Bonchev–Trinajstić information content (AvgIpc) is 3.06. The maximum absolute atomic E-state index is 5.88. The highest BCUT2D eigenvalue weighted by Crippen LogP contribution is 2.38. The number of H-pyrrole nitrogens is 1. The van der Waals surface area contributed by atoms with Crippen molar-refractivity contribution in [3.05, 3.63) is 48.2 Å². The Hall–Kier alpha value is -2.82. The number of benzene rings is 2. The third kappa shape index (κ3) is 3.04. The highest BCUT2D eigenvalue weighted by molar-refractivity contribution is 5.80. The third-order valence-corrected chi connectivity index (χ3v) is 3.65. The molecule has 1 N–H and O–H groups in total. The number of methoxy groups -OCH3 is 3. The molecular formula is C18H19NO4. The first-order valence-electron chi connectivity index (χ1n) is 7.24. The summed E-state index contributed by atoms with van der Waals surface area (Å²) in [6.07, 6.45) is 1.91. The molecule has 3 rings (SSSR count). The minimum atomic E-state index is 0.409. The fourth-order valence-electron chi connectivity index (χ4n) is 2.51. The summed E-state index contributed by atoms with van der Waals surface area (Å²) in [5.41, 5.74) is 2.03. The number of fused-ring (bicyclic) bond motifs is 1. The van der Waals surface area contributed by atoms with Gasteiger partial charge in [-0.25, -0.2) is 0 Å². The van der Waals surface area contributed by atoms with Crippen LogP contribution >= 0.6 is 0 Å². The molecule has 5 nitrogen and oxygen atoms in total. The molecule has 0 aliphatic heterocycles. The van der Waals surface area contributed by atoms with Crippen molar-refractivity contribution < 1.29 is 18.9 Å². The molecule has 3 aromatic rings. The van der Waals surface area contributed by atoms with Gasteiger partial charge in [-0.15, -0.1) is 0 Å². The van der Waals surface area contributed by atoms with Crippen LogP contribution in [0.2, 0.25) is 0 Å². The van der Waals surface area contributed by atoms with Gasteiger partial charge < -0.3 is 23.9 Å². The highest BCUT2D eigenvalue weighted by Gasteiger charge is 2.13. The van der Waals surface area contributed by atoms with Gasteiger partial charge in [-0.1, -0.05) is 0 Å². The Bertz CT molecular complexity index is 785. The second kappa shape index (κ2) is 6.52. The van der Waals surface area contributed by atoms with Gasteiger partial charge in [-0.05, 0) is 42.0 Å². The fraction of sp³-hybridized carbons (Fsp3) is 0.222. The molecule has 0 saturated heterocycles. The number of aromatic amines is 1. The number of rotatable bonds is 6. The molecule has 0 saturated carbocycles. The molecule has 0 radical (unpaired) electrons. The first-order chi connectivity index (χ1) is 11.2. The topological polar surface area (TPSA) is 52.7 Å². The van der Waals surface area contributed by atoms with Crippen LogP contribution in [-0.2, 0) is 6.61 Å². The largest absolute Gasteiger partial charge is 0.493 e. The summed E-state index contributed by atoms with van der Waals surface area (Å²) >= 11 is 0. The van der Waals surface area contributed by atoms with Crippen molar-refractivity contribution in [3.8, 4) is 23.0 Å². The molecule has 1 aromatic heterocycles. The lowest BCUT2D eigenvalue weighted by Crippen LogP contribution is -2.00. The molecule has 120 valence electrons.